The molecule has 9 N–H and O–H groups in total. The number of nitrogens with two attached hydrogens (primary N) is 3. The van der Waals surface area contributed by atoms with Gasteiger partial charge in [-0.15, -0.1) is 0 Å². The van der Waals surface area contributed by atoms with Gasteiger partial charge in [-0.1, -0.05) is 0 Å². The normalized spacial score (nSPS) is 18.0. The Labute approximate surface area is 359 Å². The van der Waals surface area contributed by atoms with E-state index in [0.29, 0.717) is 0 Å². The smallest absolute Gasteiger partial charge is 0.329 e. The van der Waals surface area contributed by atoms with Gasteiger partial charge in [0, 0.05) is 113 Å². The average molecular weight is 944 g/mol. The molecule has 1 aliphatic carbocycles. The maximum absolute atomic E-state index is 13.6. The first-order valence-corrected chi connectivity index (χ1v) is 17.8. The zero-order chi connectivity index (χ0) is 42.0. The molecule has 3 aromatic rings. The molecule has 3 atom stereocenters. The van der Waals surface area contributed by atoms with Gasteiger partial charge < -0.3 is 74.6 Å². The topological polar surface area (TPSA) is 311 Å². The molecule has 1 saturated carbocycles. The van der Waals surface area contributed by atoms with Gasteiger partial charge in [0.2, 0.25) is 51.2 Å². The average Bonchev–Trinajstić information content (AvgIpc) is 3.20. The zero-order valence-electron chi connectivity index (χ0n) is 32.2. The fraction of sp³-hybridized carbons (Fsp3) is 0.500. The number of hydrogen-bond donors (Lipinski definition) is 6. The maximum atomic E-state index is 13.6. The second-order valence-corrected chi connectivity index (χ2v) is 13.4. The second kappa shape index (κ2) is 22.1. The van der Waals surface area contributed by atoms with E-state index in [2.05, 4.69) is 0 Å². The van der Waals surface area contributed by atoms with E-state index in [1.807, 2.05) is 0 Å². The van der Waals surface area contributed by atoms with Crippen LogP contribution in [-0.2, 0) is 48.2 Å². The van der Waals surface area contributed by atoms with Crippen LogP contribution >= 0.6 is 0 Å². The summed E-state index contributed by atoms with van der Waals surface area (Å²) < 4.78 is 35.4. The molecule has 0 saturated heterocycles. The van der Waals surface area contributed by atoms with Crippen LogP contribution in [0.5, 0.6) is 34.9 Å². The van der Waals surface area contributed by atoms with Crippen LogP contribution in [0.25, 0.3) is 0 Å². The Kier molecular flexibility index (Phi) is 18.3. The first-order chi connectivity index (χ1) is 27.1. The third-order valence-electron chi connectivity index (χ3n) is 9.67. The van der Waals surface area contributed by atoms with Crippen molar-refractivity contribution < 1.29 is 93.7 Å². The molecule has 4 rings (SSSR count). The molecule has 3 unspecified atom stereocenters. The van der Waals surface area contributed by atoms with Crippen molar-refractivity contribution in [3.8, 4) is 34.9 Å². The summed E-state index contributed by atoms with van der Waals surface area (Å²) in [5, 5.41) is 31.5. The summed E-state index contributed by atoms with van der Waals surface area (Å²) in [6.45, 7) is 0.612. The van der Waals surface area contributed by atoms with Crippen LogP contribution in [0.4, 0.5) is 0 Å². The molecule has 22 heteroatoms. The first kappa shape index (κ1) is 48.0. The third kappa shape index (κ3) is 11.6. The second-order valence-electron chi connectivity index (χ2n) is 13.4. The number of carbonyl (C=O) groups excluding carboxylic acids is 3. The van der Waals surface area contributed by atoms with Crippen LogP contribution < -0.4 is 47.7 Å². The van der Waals surface area contributed by atoms with Crippen LogP contribution in [0.2, 0.25) is 0 Å². The standard InChI is InChI=1S/C36H48N6O15.La/c1-52-13-10-40-7-4-22(43)28(46)31(40)55-34(49)25(37)19-16-20(26(38)35(50)56-32-29(47)23(44)5-8-41(32)11-14-53-2)18-21(17-19)27(39)36(51)57-33-30(48)24(45)6-9-42(33)12-15-54-3;/h4-9,19-21,25-27,46-48H,10-18,37-39H2,1-3H3;. The van der Waals surface area contributed by atoms with E-state index >= 15 is 0 Å². The molecule has 0 amide bonds. The fourth-order valence-electron chi connectivity index (χ4n) is 6.46. The summed E-state index contributed by atoms with van der Waals surface area (Å²) in [6, 6.07) is -1.33. The van der Waals surface area contributed by atoms with Crippen molar-refractivity contribution in [2.45, 2.75) is 57.0 Å². The predicted molar refractivity (Wildman–Crippen MR) is 198 cm³/mol. The third-order valence-corrected chi connectivity index (χ3v) is 9.67. The molecule has 1 fully saturated rings. The van der Waals surface area contributed by atoms with Gasteiger partial charge in [0.25, 0.3) is 0 Å². The number of aromatic hydroxyl groups is 3. The Bertz CT molecular complexity index is 1850. The van der Waals surface area contributed by atoms with E-state index in [9.17, 15) is 44.1 Å². The summed E-state index contributed by atoms with van der Waals surface area (Å²) in [6.07, 6.45) is 3.72. The maximum Gasteiger partial charge on any atom is 0.329 e. The Hall–Kier alpha value is -4.39. The van der Waals surface area contributed by atoms with E-state index in [0.717, 1.165) is 18.2 Å². The summed E-state index contributed by atoms with van der Waals surface area (Å²) in [5.41, 5.74) is 16.9. The minimum Gasteiger partial charge on any atom is -0.500 e. The summed E-state index contributed by atoms with van der Waals surface area (Å²) in [4.78, 5) is 77.6. The van der Waals surface area contributed by atoms with Crippen molar-refractivity contribution in [2.24, 2.45) is 35.0 Å². The van der Waals surface area contributed by atoms with Gasteiger partial charge >= 0.3 is 17.9 Å². The minimum absolute atomic E-state index is 0. The number of esters is 3. The van der Waals surface area contributed by atoms with Crippen LogP contribution in [0.15, 0.2) is 51.2 Å². The predicted octanol–water partition coefficient (Wildman–Crippen LogP) is -1.64. The van der Waals surface area contributed by atoms with Gasteiger partial charge in [0.05, 0.1) is 19.8 Å². The molecule has 58 heavy (non-hydrogen) atoms. The van der Waals surface area contributed by atoms with Crippen molar-refractivity contribution in [3.05, 3.63) is 67.5 Å². The van der Waals surface area contributed by atoms with E-state index in [1.165, 1.54) is 53.6 Å². The number of hydrogen-bond acceptors (Lipinski definition) is 18. The molecule has 3 heterocycles. The van der Waals surface area contributed by atoms with Gasteiger partial charge in [0.15, 0.2) is 0 Å². The van der Waals surface area contributed by atoms with E-state index in [1.54, 1.807) is 0 Å². The summed E-state index contributed by atoms with van der Waals surface area (Å²) >= 11 is 0. The number of rotatable bonds is 18. The number of ether oxygens (including phenoxy) is 6. The molecule has 315 valence electrons. The van der Waals surface area contributed by atoms with Gasteiger partial charge in [-0.2, -0.15) is 0 Å². The van der Waals surface area contributed by atoms with E-state index in [-0.39, 0.29) is 94.3 Å². The Morgan fingerprint density at radius 3 is 1.03 bits per heavy atom. The molecule has 1 aliphatic rings. The van der Waals surface area contributed by atoms with Crippen molar-refractivity contribution in [1.82, 2.24) is 13.7 Å². The molecule has 0 bridgehead atoms. The van der Waals surface area contributed by atoms with Crippen molar-refractivity contribution in [2.75, 3.05) is 41.2 Å². The van der Waals surface area contributed by atoms with E-state index < -0.39 is 105 Å². The number of methoxy groups -OCH3 is 3. The molecule has 0 aliphatic heterocycles. The SMILES string of the molecule is COCCn1ccc(=O)c(O)c1OC(=O)C(N)C1CC(C(N)C(=O)Oc2c(O)c(=O)ccn2CCOC)CC(C(N)C(=O)Oc2c(O)c(=O)ccn2CCOC)C1.[La]. The molecule has 1 radical (unpaired) electrons. The molecular weight excluding hydrogens is 895 g/mol. The van der Waals surface area contributed by atoms with Crippen LogP contribution in [0, 0.1) is 53.4 Å². The molecule has 21 nitrogen and oxygen atoms in total. The number of carbonyl (C=O) groups is 3. The monoisotopic (exact) mass is 943 g/mol. The largest absolute Gasteiger partial charge is 0.500 e. The Morgan fingerprint density at radius 1 is 0.569 bits per heavy atom. The van der Waals surface area contributed by atoms with Crippen molar-refractivity contribution >= 4 is 17.9 Å². The number of pyridine rings is 3. The number of nitrogens with zero attached hydrogens (tertiary/aromatic N) is 3. The van der Waals surface area contributed by atoms with Gasteiger partial charge in [0.1, 0.15) is 18.1 Å². The van der Waals surface area contributed by atoms with Crippen molar-refractivity contribution in [3.63, 3.8) is 0 Å². The molecule has 0 spiro atoms. The van der Waals surface area contributed by atoms with E-state index in [4.69, 9.17) is 45.6 Å². The summed E-state index contributed by atoms with van der Waals surface area (Å²) in [5.74, 6) is -10.1. The fourth-order valence-corrected chi connectivity index (χ4v) is 6.46. The van der Waals surface area contributed by atoms with Gasteiger partial charge in [-0.05, 0) is 37.0 Å². The molecule has 0 aromatic carbocycles. The van der Waals surface area contributed by atoms with Crippen LogP contribution in [-0.4, -0.2) is 106 Å². The van der Waals surface area contributed by atoms with Crippen LogP contribution in [0.3, 0.4) is 0 Å². The molecule has 3 aromatic heterocycles. The number of aromatic nitrogens is 3. The Balaban J connectivity index is 0.00000900. The molecular formula is C36H48LaN6O15. The quantitative estimate of drug-likeness (QED) is 0.0779. The Morgan fingerprint density at radius 2 is 0.810 bits per heavy atom. The van der Waals surface area contributed by atoms with Crippen LogP contribution in [0.1, 0.15) is 19.3 Å². The van der Waals surface area contributed by atoms with Crippen molar-refractivity contribution in [1.29, 1.82) is 0 Å². The zero-order valence-corrected chi connectivity index (χ0v) is 35.8. The summed E-state index contributed by atoms with van der Waals surface area (Å²) in [7, 11) is 4.27. The minimum atomic E-state index is -1.51. The van der Waals surface area contributed by atoms with Gasteiger partial charge in [-0.25, -0.2) is 14.4 Å². The first-order valence-electron chi connectivity index (χ1n) is 17.8. The van der Waals surface area contributed by atoms with Gasteiger partial charge in [-0.3, -0.25) is 14.4 Å².